The zero-order chi connectivity index (χ0) is 17.5. The molecule has 1 amide bonds. The summed E-state index contributed by atoms with van der Waals surface area (Å²) in [6, 6.07) is 12.7. The van der Waals surface area contributed by atoms with Crippen molar-refractivity contribution in [1.82, 2.24) is 0 Å². The smallest absolute Gasteiger partial charge is 0.265 e. The van der Waals surface area contributed by atoms with Gasteiger partial charge >= 0.3 is 0 Å². The minimum absolute atomic E-state index is 0.241. The molecule has 5 heteroatoms. The standard InChI is InChI=1S/C19H22ClNO3/c1-4-14-12-15(10-11-16(14)20)24-13(3)19(22)21-17-8-6-7-9-18(17)23-5-2/h6-13H,4-5H2,1-3H3,(H,21,22). The summed E-state index contributed by atoms with van der Waals surface area (Å²) in [6.07, 6.45) is 0.156. The molecule has 0 aliphatic carbocycles. The first kappa shape index (κ1) is 18.1. The van der Waals surface area contributed by atoms with Gasteiger partial charge in [-0.3, -0.25) is 4.79 Å². The van der Waals surface area contributed by atoms with Gasteiger partial charge in [-0.25, -0.2) is 0 Å². The predicted molar refractivity (Wildman–Crippen MR) is 97.2 cm³/mol. The van der Waals surface area contributed by atoms with E-state index in [0.717, 1.165) is 12.0 Å². The van der Waals surface area contributed by atoms with Crippen molar-refractivity contribution in [1.29, 1.82) is 0 Å². The van der Waals surface area contributed by atoms with Crippen LogP contribution in [0.2, 0.25) is 5.02 Å². The maximum atomic E-state index is 12.4. The number of aryl methyl sites for hydroxylation is 1. The number of para-hydroxylation sites is 2. The lowest BCUT2D eigenvalue weighted by atomic mass is 10.1. The van der Waals surface area contributed by atoms with E-state index in [1.54, 1.807) is 25.1 Å². The first-order valence-corrected chi connectivity index (χ1v) is 8.40. The van der Waals surface area contributed by atoms with Gasteiger partial charge in [-0.1, -0.05) is 30.7 Å². The van der Waals surface area contributed by atoms with E-state index in [-0.39, 0.29) is 5.91 Å². The number of nitrogens with one attached hydrogen (secondary N) is 1. The number of rotatable bonds is 7. The highest BCUT2D eigenvalue weighted by atomic mass is 35.5. The molecule has 0 spiro atoms. The van der Waals surface area contributed by atoms with E-state index in [9.17, 15) is 4.79 Å². The van der Waals surface area contributed by atoms with Gasteiger partial charge in [-0.15, -0.1) is 0 Å². The molecule has 0 saturated carbocycles. The number of ether oxygens (including phenoxy) is 2. The van der Waals surface area contributed by atoms with Gasteiger partial charge in [0.2, 0.25) is 0 Å². The van der Waals surface area contributed by atoms with Crippen LogP contribution in [0.5, 0.6) is 11.5 Å². The molecule has 1 N–H and O–H groups in total. The zero-order valence-electron chi connectivity index (χ0n) is 14.1. The summed E-state index contributed by atoms with van der Waals surface area (Å²) in [4.78, 5) is 12.4. The van der Waals surface area contributed by atoms with Crippen LogP contribution in [0.25, 0.3) is 0 Å². The first-order chi connectivity index (χ1) is 11.5. The third-order valence-corrected chi connectivity index (χ3v) is 3.89. The van der Waals surface area contributed by atoms with Crippen LogP contribution < -0.4 is 14.8 Å². The quantitative estimate of drug-likeness (QED) is 0.789. The molecule has 1 atom stereocenters. The van der Waals surface area contributed by atoms with Crippen LogP contribution in [0.3, 0.4) is 0 Å². The van der Waals surface area contributed by atoms with E-state index in [1.807, 2.05) is 38.1 Å². The molecule has 1 unspecified atom stereocenters. The number of hydrogen-bond donors (Lipinski definition) is 1. The minimum atomic E-state index is -0.648. The Bertz CT molecular complexity index is 703. The maximum Gasteiger partial charge on any atom is 0.265 e. The molecule has 0 fully saturated rings. The van der Waals surface area contributed by atoms with Crippen molar-refractivity contribution in [2.75, 3.05) is 11.9 Å². The van der Waals surface area contributed by atoms with Crippen LogP contribution in [0.1, 0.15) is 26.3 Å². The minimum Gasteiger partial charge on any atom is -0.492 e. The van der Waals surface area contributed by atoms with Crippen molar-refractivity contribution in [3.8, 4) is 11.5 Å². The van der Waals surface area contributed by atoms with Gasteiger partial charge in [0.25, 0.3) is 5.91 Å². The summed E-state index contributed by atoms with van der Waals surface area (Å²) in [5, 5.41) is 3.54. The van der Waals surface area contributed by atoms with Crippen molar-refractivity contribution in [3.63, 3.8) is 0 Å². The summed E-state index contributed by atoms with van der Waals surface area (Å²) in [6.45, 7) is 6.16. The lowest BCUT2D eigenvalue weighted by molar-refractivity contribution is -0.122. The number of hydrogen-bond acceptors (Lipinski definition) is 3. The van der Waals surface area contributed by atoms with E-state index in [0.29, 0.717) is 28.8 Å². The summed E-state index contributed by atoms with van der Waals surface area (Å²) < 4.78 is 11.2. The summed E-state index contributed by atoms with van der Waals surface area (Å²) in [7, 11) is 0. The maximum absolute atomic E-state index is 12.4. The number of anilines is 1. The zero-order valence-corrected chi connectivity index (χ0v) is 14.9. The lowest BCUT2D eigenvalue weighted by Crippen LogP contribution is -2.30. The van der Waals surface area contributed by atoms with E-state index in [1.165, 1.54) is 0 Å². The molecule has 0 saturated heterocycles. The van der Waals surface area contributed by atoms with Crippen LogP contribution in [0, 0.1) is 0 Å². The number of amides is 1. The second-order valence-corrected chi connectivity index (χ2v) is 5.69. The Morgan fingerprint density at radius 2 is 1.96 bits per heavy atom. The Morgan fingerprint density at radius 1 is 1.21 bits per heavy atom. The highest BCUT2D eigenvalue weighted by Crippen LogP contribution is 2.25. The Kier molecular flexibility index (Phi) is 6.50. The van der Waals surface area contributed by atoms with Gasteiger partial charge < -0.3 is 14.8 Å². The third kappa shape index (κ3) is 4.65. The monoisotopic (exact) mass is 347 g/mol. The fraction of sp³-hybridized carbons (Fsp3) is 0.316. The van der Waals surface area contributed by atoms with Crippen molar-refractivity contribution in [3.05, 3.63) is 53.1 Å². The molecule has 0 aromatic heterocycles. The van der Waals surface area contributed by atoms with Gasteiger partial charge in [0.05, 0.1) is 12.3 Å². The summed E-state index contributed by atoms with van der Waals surface area (Å²) in [5.41, 5.74) is 1.62. The third-order valence-electron chi connectivity index (χ3n) is 3.52. The molecular weight excluding hydrogens is 326 g/mol. The molecule has 2 aromatic carbocycles. The van der Waals surface area contributed by atoms with Crippen LogP contribution in [-0.2, 0) is 11.2 Å². The summed E-state index contributed by atoms with van der Waals surface area (Å²) in [5.74, 6) is 1.02. The average molecular weight is 348 g/mol. The highest BCUT2D eigenvalue weighted by Gasteiger charge is 2.17. The Hall–Kier alpha value is -2.20. The normalized spacial score (nSPS) is 11.7. The lowest BCUT2D eigenvalue weighted by Gasteiger charge is -2.17. The highest BCUT2D eigenvalue weighted by molar-refractivity contribution is 6.31. The van der Waals surface area contributed by atoms with Crippen LogP contribution in [-0.4, -0.2) is 18.6 Å². The van der Waals surface area contributed by atoms with E-state index < -0.39 is 6.10 Å². The SMILES string of the molecule is CCOc1ccccc1NC(=O)C(C)Oc1ccc(Cl)c(CC)c1. The molecule has 2 aromatic rings. The Labute approximate surface area is 147 Å². The molecular formula is C19H22ClNO3. The second-order valence-electron chi connectivity index (χ2n) is 5.29. The first-order valence-electron chi connectivity index (χ1n) is 8.02. The number of halogens is 1. The molecule has 24 heavy (non-hydrogen) atoms. The van der Waals surface area contributed by atoms with E-state index >= 15 is 0 Å². The molecule has 128 valence electrons. The number of carbonyl (C=O) groups is 1. The van der Waals surface area contributed by atoms with Crippen molar-refractivity contribution in [2.24, 2.45) is 0 Å². The van der Waals surface area contributed by atoms with Crippen molar-refractivity contribution < 1.29 is 14.3 Å². The van der Waals surface area contributed by atoms with Gasteiger partial charge in [0.1, 0.15) is 11.5 Å². The predicted octanol–water partition coefficient (Wildman–Crippen LogP) is 4.71. The van der Waals surface area contributed by atoms with Crippen LogP contribution in [0.4, 0.5) is 5.69 Å². The molecule has 0 aliphatic heterocycles. The Balaban J connectivity index is 2.05. The fourth-order valence-corrected chi connectivity index (χ4v) is 2.49. The largest absolute Gasteiger partial charge is 0.492 e. The van der Waals surface area contributed by atoms with Gasteiger partial charge in [-0.2, -0.15) is 0 Å². The molecule has 4 nitrogen and oxygen atoms in total. The van der Waals surface area contributed by atoms with Gasteiger partial charge in [-0.05, 0) is 56.2 Å². The fourth-order valence-electron chi connectivity index (χ4n) is 2.24. The topological polar surface area (TPSA) is 47.6 Å². The van der Waals surface area contributed by atoms with Crippen LogP contribution >= 0.6 is 11.6 Å². The molecule has 0 heterocycles. The van der Waals surface area contributed by atoms with E-state index in [4.69, 9.17) is 21.1 Å². The number of carbonyl (C=O) groups excluding carboxylic acids is 1. The molecule has 0 aliphatic rings. The molecule has 0 bridgehead atoms. The average Bonchev–Trinajstić information content (AvgIpc) is 2.58. The van der Waals surface area contributed by atoms with Crippen molar-refractivity contribution >= 4 is 23.2 Å². The van der Waals surface area contributed by atoms with Gasteiger partial charge in [0.15, 0.2) is 6.10 Å². The Morgan fingerprint density at radius 3 is 2.67 bits per heavy atom. The molecule has 0 radical (unpaired) electrons. The molecule has 2 rings (SSSR count). The van der Waals surface area contributed by atoms with E-state index in [2.05, 4.69) is 5.32 Å². The second kappa shape index (κ2) is 8.60. The van der Waals surface area contributed by atoms with Crippen LogP contribution in [0.15, 0.2) is 42.5 Å². The van der Waals surface area contributed by atoms with Crippen molar-refractivity contribution in [2.45, 2.75) is 33.3 Å². The summed E-state index contributed by atoms with van der Waals surface area (Å²) >= 11 is 6.10. The van der Waals surface area contributed by atoms with Gasteiger partial charge in [0, 0.05) is 5.02 Å². The number of benzene rings is 2.